The van der Waals surface area contributed by atoms with Crippen molar-refractivity contribution in [3.8, 4) is 0 Å². The zero-order valence-electron chi connectivity index (χ0n) is 19.9. The molecule has 1 N–H and O–H groups in total. The minimum Gasteiger partial charge on any atom is -0.444 e. The van der Waals surface area contributed by atoms with Gasteiger partial charge < -0.3 is 14.8 Å². The highest BCUT2D eigenvalue weighted by molar-refractivity contribution is 5.69. The molecule has 1 heterocycles. The maximum Gasteiger partial charge on any atom is 0.411 e. The van der Waals surface area contributed by atoms with Crippen LogP contribution in [-0.2, 0) is 16.0 Å². The molecule has 0 bridgehead atoms. The number of carbonyl (C=O) groups is 2. The largest absolute Gasteiger partial charge is 0.444 e. The molecule has 174 valence electrons. The number of nitrogens with zero attached hydrogens (tertiary/aromatic N) is 2. The van der Waals surface area contributed by atoms with E-state index in [2.05, 4.69) is 10.2 Å². The van der Waals surface area contributed by atoms with Crippen molar-refractivity contribution < 1.29 is 19.1 Å². The van der Waals surface area contributed by atoms with Gasteiger partial charge in [-0.25, -0.2) is 9.59 Å². The summed E-state index contributed by atoms with van der Waals surface area (Å²) in [5.74, 6) is 0. The van der Waals surface area contributed by atoms with E-state index < -0.39 is 17.3 Å². The fourth-order valence-electron chi connectivity index (χ4n) is 3.31. The Bertz CT molecular complexity index is 721. The van der Waals surface area contributed by atoms with Gasteiger partial charge in [-0.3, -0.25) is 9.80 Å². The van der Waals surface area contributed by atoms with Gasteiger partial charge in [-0.05, 0) is 58.9 Å². The van der Waals surface area contributed by atoms with Gasteiger partial charge in [0.1, 0.15) is 11.2 Å². The Morgan fingerprint density at radius 3 is 2.29 bits per heavy atom. The predicted octanol–water partition coefficient (Wildman–Crippen LogP) is 5.11. The molecule has 0 spiro atoms. The summed E-state index contributed by atoms with van der Waals surface area (Å²) in [5, 5.41) is 2.85. The van der Waals surface area contributed by atoms with Crippen LogP contribution in [0.15, 0.2) is 30.3 Å². The first-order valence-electron chi connectivity index (χ1n) is 11.3. The summed E-state index contributed by atoms with van der Waals surface area (Å²) in [6.45, 7) is 13.2. The first kappa shape index (κ1) is 25.0. The van der Waals surface area contributed by atoms with Crippen LogP contribution < -0.4 is 5.32 Å². The van der Waals surface area contributed by atoms with E-state index in [1.165, 1.54) is 0 Å². The standard InChI is InChI=1S/C24H39N3O4/c1-7-23(3,4)30-21(28)25-18-26-16-12-15-20(26)27(17-19-13-10-9-11-14-19)22(29)31-24(5,6)8-2/h9-11,13-14,20H,7-8,12,15-18H2,1-6H3,(H,25,28). The number of likely N-dealkylation sites (tertiary alicyclic amines) is 1. The van der Waals surface area contributed by atoms with Gasteiger partial charge in [-0.2, -0.15) is 0 Å². The average molecular weight is 434 g/mol. The third kappa shape index (κ3) is 7.73. The van der Waals surface area contributed by atoms with E-state index in [0.29, 0.717) is 13.2 Å². The Morgan fingerprint density at radius 2 is 1.68 bits per heavy atom. The molecule has 1 aromatic rings. The summed E-state index contributed by atoms with van der Waals surface area (Å²) in [4.78, 5) is 29.3. The topological polar surface area (TPSA) is 71.1 Å². The molecule has 0 aromatic heterocycles. The highest BCUT2D eigenvalue weighted by atomic mass is 16.6. The van der Waals surface area contributed by atoms with Gasteiger partial charge in [-0.15, -0.1) is 0 Å². The maximum absolute atomic E-state index is 13.2. The van der Waals surface area contributed by atoms with Crippen molar-refractivity contribution in [1.82, 2.24) is 15.1 Å². The lowest BCUT2D eigenvalue weighted by atomic mass is 10.1. The molecule has 1 aliphatic rings. The van der Waals surface area contributed by atoms with E-state index in [1.54, 1.807) is 4.90 Å². The molecule has 1 aliphatic heterocycles. The average Bonchev–Trinajstić information content (AvgIpc) is 3.19. The monoisotopic (exact) mass is 433 g/mol. The first-order chi connectivity index (χ1) is 14.6. The number of rotatable bonds is 9. The van der Waals surface area contributed by atoms with E-state index in [4.69, 9.17) is 9.47 Å². The number of hydrogen-bond donors (Lipinski definition) is 1. The van der Waals surface area contributed by atoms with Crippen molar-refractivity contribution >= 4 is 12.2 Å². The van der Waals surface area contributed by atoms with Crippen LogP contribution >= 0.6 is 0 Å². The van der Waals surface area contributed by atoms with Gasteiger partial charge in [0.25, 0.3) is 0 Å². The van der Waals surface area contributed by atoms with Crippen LogP contribution in [0.25, 0.3) is 0 Å². The molecule has 1 aromatic carbocycles. The molecule has 1 fully saturated rings. The first-order valence-corrected chi connectivity index (χ1v) is 11.3. The van der Waals surface area contributed by atoms with Crippen molar-refractivity contribution in [3.63, 3.8) is 0 Å². The van der Waals surface area contributed by atoms with Gasteiger partial charge in [0.15, 0.2) is 0 Å². The molecule has 2 rings (SSSR count). The SMILES string of the molecule is CCC(C)(C)OC(=O)NCN1CCCC1N(Cc1ccccc1)C(=O)OC(C)(C)CC. The van der Waals surface area contributed by atoms with Crippen molar-refractivity contribution in [2.75, 3.05) is 13.2 Å². The maximum atomic E-state index is 13.2. The fourth-order valence-corrected chi connectivity index (χ4v) is 3.31. The van der Waals surface area contributed by atoms with E-state index in [0.717, 1.165) is 37.8 Å². The summed E-state index contributed by atoms with van der Waals surface area (Å²) in [5.41, 5.74) is -0.00947. The van der Waals surface area contributed by atoms with Crippen LogP contribution in [0.4, 0.5) is 9.59 Å². The van der Waals surface area contributed by atoms with Crippen LogP contribution in [0.3, 0.4) is 0 Å². The molecule has 7 heteroatoms. The minimum absolute atomic E-state index is 0.153. The number of carbonyl (C=O) groups excluding carboxylic acids is 2. The van der Waals surface area contributed by atoms with Crippen molar-refractivity contribution in [2.24, 2.45) is 0 Å². The smallest absolute Gasteiger partial charge is 0.411 e. The number of alkyl carbamates (subject to hydrolysis) is 1. The van der Waals surface area contributed by atoms with Crippen LogP contribution in [0.2, 0.25) is 0 Å². The van der Waals surface area contributed by atoms with Crippen LogP contribution in [0, 0.1) is 0 Å². The second-order valence-electron chi connectivity index (χ2n) is 9.37. The molecule has 0 aliphatic carbocycles. The molecule has 7 nitrogen and oxygen atoms in total. The third-order valence-corrected chi connectivity index (χ3v) is 5.98. The number of amides is 2. The van der Waals surface area contributed by atoms with Gasteiger partial charge in [0, 0.05) is 6.54 Å². The van der Waals surface area contributed by atoms with Crippen molar-refractivity contribution in [3.05, 3.63) is 35.9 Å². The Kier molecular flexibility index (Phi) is 8.74. The second-order valence-corrected chi connectivity index (χ2v) is 9.37. The highest BCUT2D eigenvalue weighted by Gasteiger charge is 2.36. The van der Waals surface area contributed by atoms with E-state index in [-0.39, 0.29) is 12.3 Å². The van der Waals surface area contributed by atoms with Gasteiger partial charge in [0.2, 0.25) is 0 Å². The summed E-state index contributed by atoms with van der Waals surface area (Å²) >= 11 is 0. The number of ether oxygens (including phenoxy) is 2. The van der Waals surface area contributed by atoms with Crippen molar-refractivity contribution in [1.29, 1.82) is 0 Å². The van der Waals surface area contributed by atoms with Crippen LogP contribution in [-0.4, -0.2) is 52.6 Å². The molecule has 2 amide bonds. The van der Waals surface area contributed by atoms with E-state index >= 15 is 0 Å². The number of hydrogen-bond acceptors (Lipinski definition) is 5. The van der Waals surface area contributed by atoms with E-state index in [9.17, 15) is 9.59 Å². The summed E-state index contributed by atoms with van der Waals surface area (Å²) < 4.78 is 11.3. The molecule has 31 heavy (non-hydrogen) atoms. The lowest BCUT2D eigenvalue weighted by Gasteiger charge is -2.37. The molecule has 1 unspecified atom stereocenters. The summed E-state index contributed by atoms with van der Waals surface area (Å²) in [6.07, 6.45) is 2.30. The Labute approximate surface area is 187 Å². The Hall–Kier alpha value is -2.28. The predicted molar refractivity (Wildman–Crippen MR) is 121 cm³/mol. The van der Waals surface area contributed by atoms with Gasteiger partial charge in [0.05, 0.1) is 19.4 Å². The minimum atomic E-state index is -0.538. The lowest BCUT2D eigenvalue weighted by molar-refractivity contribution is -0.0172. The summed E-state index contributed by atoms with van der Waals surface area (Å²) in [6, 6.07) is 9.91. The van der Waals surface area contributed by atoms with E-state index in [1.807, 2.05) is 71.9 Å². The molecular weight excluding hydrogens is 394 g/mol. The zero-order valence-corrected chi connectivity index (χ0v) is 19.9. The molecule has 1 atom stereocenters. The van der Waals surface area contributed by atoms with Crippen LogP contribution in [0.5, 0.6) is 0 Å². The zero-order chi connectivity index (χ0) is 23.1. The summed E-state index contributed by atoms with van der Waals surface area (Å²) in [7, 11) is 0. The molecule has 1 saturated heterocycles. The van der Waals surface area contributed by atoms with Crippen molar-refractivity contribution in [2.45, 2.75) is 91.1 Å². The van der Waals surface area contributed by atoms with Crippen LogP contribution in [0.1, 0.15) is 72.8 Å². The number of benzene rings is 1. The van der Waals surface area contributed by atoms with Gasteiger partial charge in [-0.1, -0.05) is 44.2 Å². The number of nitrogens with one attached hydrogen (secondary N) is 1. The fraction of sp³-hybridized carbons (Fsp3) is 0.667. The second kappa shape index (κ2) is 10.8. The quantitative estimate of drug-likeness (QED) is 0.586. The lowest BCUT2D eigenvalue weighted by Crippen LogP contribution is -2.52. The third-order valence-electron chi connectivity index (χ3n) is 5.98. The molecular formula is C24H39N3O4. The van der Waals surface area contributed by atoms with Gasteiger partial charge >= 0.3 is 12.2 Å². The highest BCUT2D eigenvalue weighted by Crippen LogP contribution is 2.25. The molecule has 0 saturated carbocycles. The Morgan fingerprint density at radius 1 is 1.06 bits per heavy atom. The Balaban J connectivity index is 2.11. The normalized spacial score (nSPS) is 17.3. The molecule has 0 radical (unpaired) electrons.